The number of aromatic nitrogens is 1. The number of aryl methyl sites for hydroxylation is 2. The van der Waals surface area contributed by atoms with Crippen molar-refractivity contribution >= 4 is 16.8 Å². The van der Waals surface area contributed by atoms with Gasteiger partial charge in [-0.2, -0.15) is 0 Å². The smallest absolute Gasteiger partial charge is 0.267 e. The topological polar surface area (TPSA) is 43.3 Å². The van der Waals surface area contributed by atoms with E-state index < -0.39 is 0 Å². The largest absolute Gasteiger partial charge is 0.381 e. The Morgan fingerprint density at radius 1 is 1.41 bits per heavy atom. The standard InChI is InChI=1S/C18H24N2O2/c1-13-5-6-15-11-17(20(2)16(15)10-13)18(21)19-8-7-14-4-3-9-22-12-14/h5-6,10-11,14H,3-4,7-9,12H2,1-2H3,(H,19,21)/t14-/m1/s1. The van der Waals surface area contributed by atoms with Crippen molar-refractivity contribution in [3.63, 3.8) is 0 Å². The molecule has 2 heterocycles. The maximum absolute atomic E-state index is 12.4. The normalized spacial score (nSPS) is 18.5. The van der Waals surface area contributed by atoms with E-state index in [-0.39, 0.29) is 5.91 Å². The van der Waals surface area contributed by atoms with Gasteiger partial charge < -0.3 is 14.6 Å². The lowest BCUT2D eigenvalue weighted by atomic mass is 9.99. The Bertz CT molecular complexity index is 669. The molecule has 0 aliphatic carbocycles. The zero-order chi connectivity index (χ0) is 15.5. The minimum atomic E-state index is 0.00748. The summed E-state index contributed by atoms with van der Waals surface area (Å²) in [4.78, 5) is 12.4. The Morgan fingerprint density at radius 3 is 3.05 bits per heavy atom. The Morgan fingerprint density at radius 2 is 2.27 bits per heavy atom. The van der Waals surface area contributed by atoms with E-state index >= 15 is 0 Å². The zero-order valence-electron chi connectivity index (χ0n) is 13.4. The quantitative estimate of drug-likeness (QED) is 0.943. The molecule has 0 bridgehead atoms. The fourth-order valence-electron chi connectivity index (χ4n) is 3.17. The van der Waals surface area contributed by atoms with Crippen molar-refractivity contribution in [2.24, 2.45) is 13.0 Å². The van der Waals surface area contributed by atoms with Gasteiger partial charge in [0.05, 0.1) is 0 Å². The number of carbonyl (C=O) groups excluding carboxylic acids is 1. The molecule has 2 aromatic rings. The van der Waals surface area contributed by atoms with Crippen molar-refractivity contribution in [1.82, 2.24) is 9.88 Å². The van der Waals surface area contributed by atoms with Crippen LogP contribution in [0.25, 0.3) is 10.9 Å². The Labute approximate surface area is 131 Å². The molecule has 22 heavy (non-hydrogen) atoms. The molecular formula is C18H24N2O2. The second-order valence-electron chi connectivity index (χ2n) is 6.28. The molecule has 0 spiro atoms. The lowest BCUT2D eigenvalue weighted by Gasteiger charge is -2.21. The maximum Gasteiger partial charge on any atom is 0.267 e. The number of hydrogen-bond acceptors (Lipinski definition) is 2. The molecule has 1 aliphatic heterocycles. The molecule has 1 aromatic heterocycles. The molecule has 1 fully saturated rings. The molecule has 1 aromatic carbocycles. The van der Waals surface area contributed by atoms with E-state index in [1.807, 2.05) is 17.7 Å². The van der Waals surface area contributed by atoms with Gasteiger partial charge in [-0.1, -0.05) is 12.1 Å². The maximum atomic E-state index is 12.4. The van der Waals surface area contributed by atoms with Gasteiger partial charge in [-0.3, -0.25) is 4.79 Å². The molecule has 4 heteroatoms. The number of rotatable bonds is 4. The molecule has 1 atom stereocenters. The summed E-state index contributed by atoms with van der Waals surface area (Å²) in [7, 11) is 1.95. The Hall–Kier alpha value is -1.81. The van der Waals surface area contributed by atoms with Crippen molar-refractivity contribution in [3.05, 3.63) is 35.5 Å². The molecule has 0 unspecified atom stereocenters. The highest BCUT2D eigenvalue weighted by molar-refractivity contribution is 5.98. The van der Waals surface area contributed by atoms with Crippen LogP contribution in [0, 0.1) is 12.8 Å². The molecule has 1 saturated heterocycles. The molecule has 0 saturated carbocycles. The predicted octanol–water partition coefficient (Wildman–Crippen LogP) is 3.03. The van der Waals surface area contributed by atoms with Gasteiger partial charge in [-0.15, -0.1) is 0 Å². The zero-order valence-corrected chi connectivity index (χ0v) is 13.4. The number of benzene rings is 1. The first kappa shape index (κ1) is 15.1. The van der Waals surface area contributed by atoms with Gasteiger partial charge in [0.25, 0.3) is 5.91 Å². The lowest BCUT2D eigenvalue weighted by Crippen LogP contribution is -2.29. The first-order valence-corrected chi connectivity index (χ1v) is 8.07. The van der Waals surface area contributed by atoms with Crippen LogP contribution in [-0.2, 0) is 11.8 Å². The van der Waals surface area contributed by atoms with Gasteiger partial charge in [-0.05, 0) is 49.8 Å². The van der Waals surface area contributed by atoms with Crippen LogP contribution in [0.3, 0.4) is 0 Å². The number of hydrogen-bond donors (Lipinski definition) is 1. The number of nitrogens with one attached hydrogen (secondary N) is 1. The van der Waals surface area contributed by atoms with Crippen LogP contribution in [0.1, 0.15) is 35.3 Å². The number of fused-ring (bicyclic) bond motifs is 1. The minimum Gasteiger partial charge on any atom is -0.381 e. The summed E-state index contributed by atoms with van der Waals surface area (Å²) < 4.78 is 7.45. The van der Waals surface area contributed by atoms with Crippen LogP contribution >= 0.6 is 0 Å². The lowest BCUT2D eigenvalue weighted by molar-refractivity contribution is 0.0514. The molecule has 1 N–H and O–H groups in total. The molecule has 1 aliphatic rings. The fraction of sp³-hybridized carbons (Fsp3) is 0.500. The SMILES string of the molecule is Cc1ccc2cc(C(=O)NCC[C@H]3CCCOC3)n(C)c2c1. The molecule has 4 nitrogen and oxygen atoms in total. The van der Waals surface area contributed by atoms with E-state index in [4.69, 9.17) is 4.74 Å². The van der Waals surface area contributed by atoms with Crippen molar-refractivity contribution < 1.29 is 9.53 Å². The van der Waals surface area contributed by atoms with Gasteiger partial charge in [0.2, 0.25) is 0 Å². The molecule has 118 valence electrons. The number of amides is 1. The third-order valence-electron chi connectivity index (χ3n) is 4.53. The monoisotopic (exact) mass is 300 g/mol. The van der Waals surface area contributed by atoms with Crippen LogP contribution in [0.5, 0.6) is 0 Å². The molecule has 3 rings (SSSR count). The van der Waals surface area contributed by atoms with Crippen LogP contribution < -0.4 is 5.32 Å². The average molecular weight is 300 g/mol. The van der Waals surface area contributed by atoms with Gasteiger partial charge in [0.1, 0.15) is 5.69 Å². The molecular weight excluding hydrogens is 276 g/mol. The Kier molecular flexibility index (Phi) is 4.48. The summed E-state index contributed by atoms with van der Waals surface area (Å²) in [5.41, 5.74) is 3.03. The Balaban J connectivity index is 1.63. The highest BCUT2D eigenvalue weighted by Crippen LogP contribution is 2.20. The summed E-state index contributed by atoms with van der Waals surface area (Å²) >= 11 is 0. The van der Waals surface area contributed by atoms with E-state index in [1.54, 1.807) is 0 Å². The fourth-order valence-corrected chi connectivity index (χ4v) is 3.17. The second-order valence-corrected chi connectivity index (χ2v) is 6.28. The second kappa shape index (κ2) is 6.53. The third kappa shape index (κ3) is 3.17. The highest BCUT2D eigenvalue weighted by atomic mass is 16.5. The van der Waals surface area contributed by atoms with E-state index in [1.165, 1.54) is 12.0 Å². The van der Waals surface area contributed by atoms with E-state index in [0.29, 0.717) is 12.5 Å². The van der Waals surface area contributed by atoms with Gasteiger partial charge in [0, 0.05) is 37.7 Å². The highest BCUT2D eigenvalue weighted by Gasteiger charge is 2.16. The average Bonchev–Trinajstić information content (AvgIpc) is 2.85. The van der Waals surface area contributed by atoms with Gasteiger partial charge in [0.15, 0.2) is 0 Å². The van der Waals surface area contributed by atoms with Crippen LogP contribution in [-0.4, -0.2) is 30.2 Å². The van der Waals surface area contributed by atoms with Crippen LogP contribution in [0.4, 0.5) is 0 Å². The van der Waals surface area contributed by atoms with E-state index in [0.717, 1.165) is 42.7 Å². The predicted molar refractivity (Wildman–Crippen MR) is 88.1 cm³/mol. The van der Waals surface area contributed by atoms with Gasteiger partial charge in [-0.25, -0.2) is 0 Å². The molecule has 0 radical (unpaired) electrons. The van der Waals surface area contributed by atoms with Crippen molar-refractivity contribution in [3.8, 4) is 0 Å². The summed E-state index contributed by atoms with van der Waals surface area (Å²) in [5, 5.41) is 4.16. The number of nitrogens with zero attached hydrogens (tertiary/aromatic N) is 1. The summed E-state index contributed by atoms with van der Waals surface area (Å²) in [6, 6.07) is 8.23. The van der Waals surface area contributed by atoms with Gasteiger partial charge >= 0.3 is 0 Å². The van der Waals surface area contributed by atoms with E-state index in [9.17, 15) is 4.79 Å². The molecule has 1 amide bonds. The first-order chi connectivity index (χ1) is 10.6. The van der Waals surface area contributed by atoms with Crippen molar-refractivity contribution in [2.45, 2.75) is 26.2 Å². The van der Waals surface area contributed by atoms with Crippen LogP contribution in [0.2, 0.25) is 0 Å². The van der Waals surface area contributed by atoms with E-state index in [2.05, 4.69) is 30.4 Å². The van der Waals surface area contributed by atoms with Crippen LogP contribution in [0.15, 0.2) is 24.3 Å². The number of ether oxygens (including phenoxy) is 1. The number of carbonyl (C=O) groups is 1. The third-order valence-corrected chi connectivity index (χ3v) is 4.53. The summed E-state index contributed by atoms with van der Waals surface area (Å²) in [6.45, 7) is 4.51. The van der Waals surface area contributed by atoms with Crippen molar-refractivity contribution in [2.75, 3.05) is 19.8 Å². The summed E-state index contributed by atoms with van der Waals surface area (Å²) in [6.07, 6.45) is 3.35. The van der Waals surface area contributed by atoms with Crippen molar-refractivity contribution in [1.29, 1.82) is 0 Å². The first-order valence-electron chi connectivity index (χ1n) is 8.07. The minimum absolute atomic E-state index is 0.00748. The summed E-state index contributed by atoms with van der Waals surface area (Å²) in [5.74, 6) is 0.595.